The Morgan fingerprint density at radius 1 is 1.44 bits per heavy atom. The second kappa shape index (κ2) is 8.45. The lowest BCUT2D eigenvalue weighted by molar-refractivity contribution is 0.134. The van der Waals surface area contributed by atoms with Crippen molar-refractivity contribution in [2.75, 3.05) is 25.1 Å². The van der Waals surface area contributed by atoms with E-state index in [4.69, 9.17) is 22.7 Å². The second-order valence-corrected chi connectivity index (χ2v) is 5.25. The summed E-state index contributed by atoms with van der Waals surface area (Å²) in [5.41, 5.74) is 7.49. The highest BCUT2D eigenvalue weighted by molar-refractivity contribution is 9.10. The van der Waals surface area contributed by atoms with E-state index in [-0.39, 0.29) is 0 Å². The first-order valence-corrected chi connectivity index (χ1v) is 7.26. The molecule has 0 atom stereocenters. The lowest BCUT2D eigenvalue weighted by Gasteiger charge is -2.10. The van der Waals surface area contributed by atoms with Gasteiger partial charge in [-0.2, -0.15) is 0 Å². The van der Waals surface area contributed by atoms with Gasteiger partial charge in [-0.05, 0) is 47.0 Å². The van der Waals surface area contributed by atoms with Crippen LogP contribution in [0.4, 0.5) is 5.69 Å². The number of halogens is 1. The Morgan fingerprint density at radius 2 is 2.22 bits per heavy atom. The zero-order valence-corrected chi connectivity index (χ0v) is 12.9. The van der Waals surface area contributed by atoms with E-state index in [0.29, 0.717) is 4.99 Å². The van der Waals surface area contributed by atoms with Crippen LogP contribution in [-0.2, 0) is 4.74 Å². The highest BCUT2D eigenvalue weighted by Crippen LogP contribution is 2.23. The van der Waals surface area contributed by atoms with Gasteiger partial charge in [0, 0.05) is 35.5 Å². The van der Waals surface area contributed by atoms with Gasteiger partial charge in [0.1, 0.15) is 4.99 Å². The fraction of sp³-hybridized carbons (Fsp3) is 0.462. The largest absolute Gasteiger partial charge is 0.389 e. The molecule has 1 rings (SSSR count). The van der Waals surface area contributed by atoms with E-state index in [1.807, 2.05) is 18.2 Å². The van der Waals surface area contributed by atoms with Crippen LogP contribution in [0.5, 0.6) is 0 Å². The number of rotatable bonds is 8. The summed E-state index contributed by atoms with van der Waals surface area (Å²) < 4.78 is 6.39. The molecule has 5 heteroatoms. The molecular formula is C13H19BrN2OS. The summed E-state index contributed by atoms with van der Waals surface area (Å²) in [7, 11) is 0. The maximum atomic E-state index is 5.57. The average molecular weight is 331 g/mol. The molecule has 0 aliphatic heterocycles. The molecule has 0 spiro atoms. The van der Waals surface area contributed by atoms with Crippen LogP contribution in [0.25, 0.3) is 0 Å². The Hall–Kier alpha value is -0.650. The number of thiocarbonyl (C=S) groups is 1. The second-order valence-electron chi connectivity index (χ2n) is 3.95. The minimum absolute atomic E-state index is 0.412. The quantitative estimate of drug-likeness (QED) is 0.567. The van der Waals surface area contributed by atoms with Crippen molar-refractivity contribution in [2.24, 2.45) is 5.73 Å². The summed E-state index contributed by atoms with van der Waals surface area (Å²) in [6.45, 7) is 4.63. The average Bonchev–Trinajstić information content (AvgIpc) is 2.35. The van der Waals surface area contributed by atoms with Gasteiger partial charge < -0.3 is 15.8 Å². The van der Waals surface area contributed by atoms with Crippen molar-refractivity contribution < 1.29 is 4.74 Å². The van der Waals surface area contributed by atoms with Gasteiger partial charge in [-0.1, -0.05) is 19.1 Å². The van der Waals surface area contributed by atoms with Crippen LogP contribution in [0, 0.1) is 0 Å². The summed E-state index contributed by atoms with van der Waals surface area (Å²) >= 11 is 8.43. The van der Waals surface area contributed by atoms with Crippen molar-refractivity contribution in [1.82, 2.24) is 0 Å². The standard InChI is InChI=1S/C13H19BrN2OS/c1-2-7-17-8-3-6-16-12-5-4-10(13(15)18)9-11(12)14/h4-5,9,16H,2-3,6-8H2,1H3,(H2,15,18). The number of hydrogen-bond acceptors (Lipinski definition) is 3. The third-order valence-electron chi connectivity index (χ3n) is 2.38. The Morgan fingerprint density at radius 3 is 2.83 bits per heavy atom. The van der Waals surface area contributed by atoms with Gasteiger partial charge in [0.15, 0.2) is 0 Å². The van der Waals surface area contributed by atoms with E-state index >= 15 is 0 Å². The molecule has 0 aliphatic rings. The van der Waals surface area contributed by atoms with Crippen molar-refractivity contribution in [3.8, 4) is 0 Å². The normalized spacial score (nSPS) is 10.3. The SMILES string of the molecule is CCCOCCCNc1ccc(C(N)=S)cc1Br. The van der Waals surface area contributed by atoms with E-state index in [2.05, 4.69) is 28.2 Å². The molecule has 0 amide bonds. The number of ether oxygens (including phenoxy) is 1. The number of hydrogen-bond donors (Lipinski definition) is 2. The van der Waals surface area contributed by atoms with Crippen molar-refractivity contribution in [3.05, 3.63) is 28.2 Å². The van der Waals surface area contributed by atoms with Gasteiger partial charge in [-0.3, -0.25) is 0 Å². The summed E-state index contributed by atoms with van der Waals surface area (Å²) in [5, 5.41) is 3.35. The molecule has 0 heterocycles. The molecular weight excluding hydrogens is 312 g/mol. The Kier molecular flexibility index (Phi) is 7.23. The van der Waals surface area contributed by atoms with Crippen molar-refractivity contribution in [1.29, 1.82) is 0 Å². The molecule has 100 valence electrons. The van der Waals surface area contributed by atoms with E-state index in [1.165, 1.54) is 0 Å². The zero-order chi connectivity index (χ0) is 13.4. The van der Waals surface area contributed by atoms with Crippen molar-refractivity contribution in [2.45, 2.75) is 19.8 Å². The molecule has 3 N–H and O–H groups in total. The number of nitrogens with one attached hydrogen (secondary N) is 1. The first-order chi connectivity index (χ1) is 8.65. The minimum Gasteiger partial charge on any atom is -0.389 e. The number of benzene rings is 1. The van der Waals surface area contributed by atoms with Crippen molar-refractivity contribution in [3.63, 3.8) is 0 Å². The summed E-state index contributed by atoms with van der Waals surface area (Å²) in [6.07, 6.45) is 2.06. The topological polar surface area (TPSA) is 47.3 Å². The fourth-order valence-corrected chi connectivity index (χ4v) is 2.10. The molecule has 0 saturated heterocycles. The van der Waals surface area contributed by atoms with Gasteiger partial charge in [0.25, 0.3) is 0 Å². The van der Waals surface area contributed by atoms with Crippen LogP contribution in [0.2, 0.25) is 0 Å². The van der Waals surface area contributed by atoms with E-state index < -0.39 is 0 Å². The number of anilines is 1. The molecule has 18 heavy (non-hydrogen) atoms. The predicted octanol–water partition coefficient (Wildman–Crippen LogP) is 3.31. The third-order valence-corrected chi connectivity index (χ3v) is 3.27. The molecule has 1 aromatic carbocycles. The summed E-state index contributed by atoms with van der Waals surface area (Å²) in [4.78, 5) is 0.412. The lowest BCUT2D eigenvalue weighted by Crippen LogP contribution is -2.10. The first kappa shape index (κ1) is 15.4. The molecule has 3 nitrogen and oxygen atoms in total. The molecule has 0 radical (unpaired) electrons. The van der Waals surface area contributed by atoms with Crippen LogP contribution >= 0.6 is 28.1 Å². The van der Waals surface area contributed by atoms with Crippen LogP contribution in [0.15, 0.2) is 22.7 Å². The minimum atomic E-state index is 0.412. The molecule has 0 aromatic heterocycles. The highest BCUT2D eigenvalue weighted by atomic mass is 79.9. The third kappa shape index (κ3) is 5.33. The number of nitrogens with two attached hydrogens (primary N) is 1. The summed E-state index contributed by atoms with van der Waals surface area (Å²) in [5.74, 6) is 0. The van der Waals surface area contributed by atoms with Gasteiger partial charge >= 0.3 is 0 Å². The first-order valence-electron chi connectivity index (χ1n) is 6.06. The van der Waals surface area contributed by atoms with Gasteiger partial charge in [0.2, 0.25) is 0 Å². The van der Waals surface area contributed by atoms with Gasteiger partial charge in [-0.25, -0.2) is 0 Å². The predicted molar refractivity (Wildman–Crippen MR) is 84.2 cm³/mol. The lowest BCUT2D eigenvalue weighted by atomic mass is 10.2. The van der Waals surface area contributed by atoms with Crippen LogP contribution in [0.3, 0.4) is 0 Å². The molecule has 0 saturated carbocycles. The molecule has 1 aromatic rings. The van der Waals surface area contributed by atoms with Crippen molar-refractivity contribution >= 4 is 38.8 Å². The van der Waals surface area contributed by atoms with Crippen LogP contribution < -0.4 is 11.1 Å². The maximum absolute atomic E-state index is 5.57. The summed E-state index contributed by atoms with van der Waals surface area (Å²) in [6, 6.07) is 5.83. The van der Waals surface area contributed by atoms with E-state index in [9.17, 15) is 0 Å². The molecule has 0 aliphatic carbocycles. The molecule has 0 bridgehead atoms. The van der Waals surface area contributed by atoms with E-state index in [1.54, 1.807) is 0 Å². The smallest absolute Gasteiger partial charge is 0.104 e. The monoisotopic (exact) mass is 330 g/mol. The van der Waals surface area contributed by atoms with Gasteiger partial charge in [0.05, 0.1) is 0 Å². The fourth-order valence-electron chi connectivity index (χ4n) is 1.46. The Labute approximate surface area is 122 Å². The zero-order valence-electron chi connectivity index (χ0n) is 10.5. The van der Waals surface area contributed by atoms with Crippen LogP contribution in [-0.4, -0.2) is 24.7 Å². The Bertz CT molecular complexity index is 399. The highest BCUT2D eigenvalue weighted by Gasteiger charge is 2.02. The van der Waals surface area contributed by atoms with E-state index in [0.717, 1.165) is 48.3 Å². The van der Waals surface area contributed by atoms with Gasteiger partial charge in [-0.15, -0.1) is 0 Å². The maximum Gasteiger partial charge on any atom is 0.104 e. The Balaban J connectivity index is 2.36. The molecule has 0 unspecified atom stereocenters. The van der Waals surface area contributed by atoms with Crippen LogP contribution in [0.1, 0.15) is 25.3 Å². The molecule has 0 fully saturated rings.